The molecule has 3 aliphatic rings. The molecule has 110 valence electrons. The zero-order valence-electron chi connectivity index (χ0n) is 11.6. The highest BCUT2D eigenvalue weighted by molar-refractivity contribution is 5.34. The fourth-order valence-corrected chi connectivity index (χ4v) is 3.92. The van der Waals surface area contributed by atoms with Gasteiger partial charge in [0.2, 0.25) is 0 Å². The van der Waals surface area contributed by atoms with Crippen LogP contribution in [0, 0.1) is 17.2 Å². The van der Waals surface area contributed by atoms with E-state index in [0.717, 1.165) is 31.4 Å². The van der Waals surface area contributed by atoms with Crippen molar-refractivity contribution in [3.8, 4) is 5.75 Å². The van der Waals surface area contributed by atoms with Crippen molar-refractivity contribution in [3.63, 3.8) is 0 Å². The minimum atomic E-state index is -3.12. The number of ether oxygens (including phenoxy) is 1. The van der Waals surface area contributed by atoms with Gasteiger partial charge in [-0.25, -0.2) is 13.2 Å². The third-order valence-corrected chi connectivity index (χ3v) is 5.05. The zero-order chi connectivity index (χ0) is 14.4. The average Bonchev–Trinajstić information content (AvgIpc) is 2.72. The van der Waals surface area contributed by atoms with Gasteiger partial charge in [-0.05, 0) is 43.4 Å². The molecule has 0 aromatic heterocycles. The third-order valence-electron chi connectivity index (χ3n) is 5.05. The van der Waals surface area contributed by atoms with E-state index in [4.69, 9.17) is 4.74 Å². The Hall–Kier alpha value is -1.19. The molecule has 0 N–H and O–H groups in total. The normalized spacial score (nSPS) is 29.5. The maximum atomic E-state index is 14.9. The first-order chi connectivity index (χ1) is 9.48. The highest BCUT2D eigenvalue weighted by atomic mass is 19.3. The molecule has 1 nitrogen and oxygen atoms in total. The minimum absolute atomic E-state index is 0.280. The molecule has 0 unspecified atom stereocenters. The molecule has 1 aromatic carbocycles. The van der Waals surface area contributed by atoms with Crippen LogP contribution in [0.1, 0.15) is 44.1 Å². The highest BCUT2D eigenvalue weighted by Gasteiger charge is 2.62. The monoisotopic (exact) mass is 284 g/mol. The van der Waals surface area contributed by atoms with Crippen molar-refractivity contribution in [2.75, 3.05) is 7.11 Å². The van der Waals surface area contributed by atoms with Gasteiger partial charge in [-0.3, -0.25) is 0 Å². The minimum Gasteiger partial charge on any atom is -0.497 e. The molecule has 4 rings (SSSR count). The number of hydrogen-bond donors (Lipinski definition) is 0. The Morgan fingerprint density at radius 3 is 2.70 bits per heavy atom. The lowest BCUT2D eigenvalue weighted by Crippen LogP contribution is -2.48. The van der Waals surface area contributed by atoms with Crippen molar-refractivity contribution in [1.29, 1.82) is 0 Å². The fraction of sp³-hybridized carbons (Fsp3) is 0.625. The number of halogens is 3. The van der Waals surface area contributed by atoms with Crippen molar-refractivity contribution >= 4 is 0 Å². The molecule has 0 aliphatic heterocycles. The maximum Gasteiger partial charge on any atom is 0.281 e. The Morgan fingerprint density at radius 1 is 1.25 bits per heavy atom. The summed E-state index contributed by atoms with van der Waals surface area (Å²) >= 11 is 0. The van der Waals surface area contributed by atoms with Crippen LogP contribution in [-0.2, 0) is 5.92 Å². The van der Waals surface area contributed by atoms with E-state index in [9.17, 15) is 13.2 Å². The van der Waals surface area contributed by atoms with Gasteiger partial charge in [0, 0.05) is 5.41 Å². The Kier molecular flexibility index (Phi) is 3.22. The van der Waals surface area contributed by atoms with E-state index in [0.29, 0.717) is 25.2 Å². The van der Waals surface area contributed by atoms with Crippen LogP contribution < -0.4 is 4.74 Å². The van der Waals surface area contributed by atoms with Crippen LogP contribution in [0.2, 0.25) is 0 Å². The van der Waals surface area contributed by atoms with E-state index < -0.39 is 22.7 Å². The standard InChI is InChI=1S/C16H19F3O/c1-20-12-5-6-14(17)13(8-12)16(18,19)15-7-3-2-4-11(9-15)10-15/h5-6,8,11H,2-4,7,9-10H2,1H3. The molecule has 3 fully saturated rings. The molecule has 0 spiro atoms. The number of alkyl halides is 2. The van der Waals surface area contributed by atoms with E-state index in [-0.39, 0.29) is 5.75 Å². The molecule has 4 heteroatoms. The summed E-state index contributed by atoms with van der Waals surface area (Å²) in [5.74, 6) is -3.27. The van der Waals surface area contributed by atoms with E-state index in [1.54, 1.807) is 0 Å². The summed E-state index contributed by atoms with van der Waals surface area (Å²) in [5, 5.41) is 0. The van der Waals surface area contributed by atoms with Gasteiger partial charge in [0.15, 0.2) is 0 Å². The number of fused-ring (bicyclic) bond motifs is 3. The second-order valence-corrected chi connectivity index (χ2v) is 6.22. The van der Waals surface area contributed by atoms with Gasteiger partial charge >= 0.3 is 0 Å². The second-order valence-electron chi connectivity index (χ2n) is 6.22. The summed E-state index contributed by atoms with van der Waals surface area (Å²) in [4.78, 5) is 0. The largest absolute Gasteiger partial charge is 0.497 e. The average molecular weight is 284 g/mol. The lowest BCUT2D eigenvalue weighted by molar-refractivity contribution is -0.190. The number of rotatable bonds is 3. The maximum absolute atomic E-state index is 14.9. The molecule has 0 radical (unpaired) electrons. The summed E-state index contributed by atoms with van der Waals surface area (Å²) in [6, 6.07) is 3.61. The summed E-state index contributed by atoms with van der Waals surface area (Å²) < 4.78 is 48.7. The molecule has 3 saturated carbocycles. The molecule has 0 saturated heterocycles. The number of methoxy groups -OCH3 is 1. The van der Waals surface area contributed by atoms with Crippen LogP contribution >= 0.6 is 0 Å². The summed E-state index contributed by atoms with van der Waals surface area (Å²) in [6.45, 7) is 0. The molecule has 2 bridgehead atoms. The van der Waals surface area contributed by atoms with Crippen LogP contribution in [0.5, 0.6) is 5.75 Å². The van der Waals surface area contributed by atoms with Gasteiger partial charge in [0.25, 0.3) is 5.92 Å². The topological polar surface area (TPSA) is 9.23 Å². The summed E-state index contributed by atoms with van der Waals surface area (Å²) in [5.41, 5.74) is -1.54. The molecule has 0 atom stereocenters. The van der Waals surface area contributed by atoms with E-state index in [1.807, 2.05) is 0 Å². The molecular weight excluding hydrogens is 265 g/mol. The van der Waals surface area contributed by atoms with Crippen LogP contribution in [0.15, 0.2) is 18.2 Å². The van der Waals surface area contributed by atoms with E-state index in [1.165, 1.54) is 13.2 Å². The second kappa shape index (κ2) is 4.68. The quantitative estimate of drug-likeness (QED) is 0.767. The molecule has 0 heterocycles. The van der Waals surface area contributed by atoms with E-state index in [2.05, 4.69) is 0 Å². The van der Waals surface area contributed by atoms with Crippen molar-refractivity contribution in [1.82, 2.24) is 0 Å². The number of benzene rings is 1. The van der Waals surface area contributed by atoms with Gasteiger partial charge in [0.1, 0.15) is 11.6 Å². The molecule has 20 heavy (non-hydrogen) atoms. The molecule has 0 amide bonds. The highest BCUT2D eigenvalue weighted by Crippen LogP contribution is 2.64. The fourth-order valence-electron chi connectivity index (χ4n) is 3.92. The Balaban J connectivity index is 1.99. The first kappa shape index (κ1) is 13.8. The predicted molar refractivity (Wildman–Crippen MR) is 70.5 cm³/mol. The van der Waals surface area contributed by atoms with Crippen LogP contribution in [0.4, 0.5) is 13.2 Å². The predicted octanol–water partition coefficient (Wildman–Crippen LogP) is 4.90. The SMILES string of the molecule is COc1ccc(F)c(C(F)(F)C23CCCCC(C2)C3)c1. The van der Waals surface area contributed by atoms with Gasteiger partial charge in [-0.15, -0.1) is 0 Å². The van der Waals surface area contributed by atoms with Gasteiger partial charge in [0.05, 0.1) is 12.7 Å². The Bertz CT molecular complexity index is 501. The van der Waals surface area contributed by atoms with Crippen molar-refractivity contribution in [2.45, 2.75) is 44.4 Å². The van der Waals surface area contributed by atoms with Gasteiger partial charge in [-0.1, -0.05) is 19.3 Å². The first-order valence-corrected chi connectivity index (χ1v) is 7.20. The Morgan fingerprint density at radius 2 is 2.00 bits per heavy atom. The van der Waals surface area contributed by atoms with Crippen LogP contribution in [0.3, 0.4) is 0 Å². The first-order valence-electron chi connectivity index (χ1n) is 7.20. The van der Waals surface area contributed by atoms with Gasteiger partial charge in [-0.2, -0.15) is 0 Å². The van der Waals surface area contributed by atoms with Crippen molar-refractivity contribution < 1.29 is 17.9 Å². The smallest absolute Gasteiger partial charge is 0.281 e. The van der Waals surface area contributed by atoms with E-state index >= 15 is 0 Å². The number of hydrogen-bond acceptors (Lipinski definition) is 1. The van der Waals surface area contributed by atoms with Crippen molar-refractivity contribution in [2.24, 2.45) is 11.3 Å². The lowest BCUT2D eigenvalue weighted by atomic mass is 9.56. The molecular formula is C16H19F3O. The summed E-state index contributed by atoms with van der Waals surface area (Å²) in [7, 11) is 1.40. The van der Waals surface area contributed by atoms with Crippen LogP contribution in [0.25, 0.3) is 0 Å². The molecule has 1 aromatic rings. The van der Waals surface area contributed by atoms with Crippen LogP contribution in [-0.4, -0.2) is 7.11 Å². The summed E-state index contributed by atoms with van der Waals surface area (Å²) in [6.07, 6.45) is 4.42. The zero-order valence-corrected chi connectivity index (χ0v) is 11.6. The third kappa shape index (κ3) is 1.92. The Labute approximate surface area is 117 Å². The molecule has 3 aliphatic carbocycles. The van der Waals surface area contributed by atoms with Crippen molar-refractivity contribution in [3.05, 3.63) is 29.6 Å². The lowest BCUT2D eigenvalue weighted by Gasteiger charge is -2.50. The van der Waals surface area contributed by atoms with Gasteiger partial charge < -0.3 is 4.74 Å².